The maximum absolute atomic E-state index is 13.0. The topological polar surface area (TPSA) is 237 Å². The molecule has 0 aromatic heterocycles. The zero-order valence-corrected chi connectivity index (χ0v) is 61.1. The average Bonchev–Trinajstić information content (AvgIpc) is 3.15. The Balaban J connectivity index is 5.21. The highest BCUT2D eigenvalue weighted by atomic mass is 31.2. The van der Waals surface area contributed by atoms with Crippen LogP contribution in [0.4, 0.5) is 0 Å². The first-order valence-corrected chi connectivity index (χ1v) is 40.3. The van der Waals surface area contributed by atoms with Crippen LogP contribution in [-0.4, -0.2) is 96.7 Å². The van der Waals surface area contributed by atoms with Gasteiger partial charge < -0.3 is 33.8 Å². The fraction of sp³-hybridized carbons (Fsp3) is 0.944. The number of esters is 4. The summed E-state index contributed by atoms with van der Waals surface area (Å²) in [6.45, 7) is 11.8. The Morgan fingerprint density at radius 3 is 0.747 bits per heavy atom. The van der Waals surface area contributed by atoms with Crippen molar-refractivity contribution in [3.63, 3.8) is 0 Å². The maximum atomic E-state index is 13.0. The number of unbranched alkanes of at least 4 members (excludes halogenated alkanes) is 38. The molecule has 17 nitrogen and oxygen atoms in total. The number of carbonyl (C=O) groups is 4. The molecule has 0 aliphatic rings. The average molecular weight is 1340 g/mol. The maximum Gasteiger partial charge on any atom is 0.472 e. The zero-order valence-electron chi connectivity index (χ0n) is 59.3. The number of aliphatic hydroxyl groups is 1. The standard InChI is InChI=1S/C72H140O17P2/c1-8-9-10-11-12-32-39-46-53-69(74)82-59-68(89-72(77)56-49-42-35-28-31-38-45-52-65(6)7)62-87-91(80,81)85-58-66(73)57-84-90(78,79)86-61-67(60-83-70(75)54-47-40-33-26-22-19-15-17-21-25-30-37-44-51-64(4)5)88-71(76)55-48-41-34-27-23-18-14-13-16-20-24-29-36-43-50-63(2)3/h63-68,73H,8-62H2,1-7H3,(H,78,79)(H,80,81)/t66-,67-,68-/m1/s1. The molecule has 19 heteroatoms. The Bertz CT molecular complexity index is 1780. The second-order valence-electron chi connectivity index (χ2n) is 27.4. The van der Waals surface area contributed by atoms with Gasteiger partial charge in [-0.15, -0.1) is 0 Å². The summed E-state index contributed by atoms with van der Waals surface area (Å²) in [7, 11) is -9.90. The summed E-state index contributed by atoms with van der Waals surface area (Å²) in [6.07, 6.45) is 47.3. The van der Waals surface area contributed by atoms with Gasteiger partial charge in [-0.3, -0.25) is 37.3 Å². The third-order valence-electron chi connectivity index (χ3n) is 16.6. The van der Waals surface area contributed by atoms with Crippen molar-refractivity contribution in [1.82, 2.24) is 0 Å². The Morgan fingerprint density at radius 2 is 0.505 bits per heavy atom. The second kappa shape index (κ2) is 62.8. The van der Waals surface area contributed by atoms with Gasteiger partial charge in [0.2, 0.25) is 0 Å². The second-order valence-corrected chi connectivity index (χ2v) is 30.3. The van der Waals surface area contributed by atoms with Gasteiger partial charge in [0.1, 0.15) is 19.3 Å². The molecule has 5 atom stereocenters. The van der Waals surface area contributed by atoms with Crippen LogP contribution >= 0.6 is 15.6 Å². The number of carbonyl (C=O) groups excluding carboxylic acids is 4. The molecule has 3 N–H and O–H groups in total. The lowest BCUT2D eigenvalue weighted by atomic mass is 10.0. The molecule has 0 bridgehead atoms. The molecule has 0 aliphatic carbocycles. The van der Waals surface area contributed by atoms with Crippen molar-refractivity contribution < 1.29 is 80.2 Å². The van der Waals surface area contributed by atoms with E-state index in [1.165, 1.54) is 167 Å². The van der Waals surface area contributed by atoms with Gasteiger partial charge in [0.15, 0.2) is 12.2 Å². The molecule has 0 aromatic rings. The van der Waals surface area contributed by atoms with Crippen LogP contribution in [0.3, 0.4) is 0 Å². The monoisotopic (exact) mass is 1340 g/mol. The smallest absolute Gasteiger partial charge is 0.462 e. The van der Waals surface area contributed by atoms with Gasteiger partial charge in [-0.05, 0) is 43.4 Å². The van der Waals surface area contributed by atoms with E-state index in [2.05, 4.69) is 48.5 Å². The molecule has 0 fully saturated rings. The summed E-state index contributed by atoms with van der Waals surface area (Å²) >= 11 is 0. The largest absolute Gasteiger partial charge is 0.472 e. The van der Waals surface area contributed by atoms with E-state index in [4.69, 9.17) is 37.0 Å². The summed E-state index contributed by atoms with van der Waals surface area (Å²) < 4.78 is 68.3. The van der Waals surface area contributed by atoms with Crippen LogP contribution in [0.2, 0.25) is 0 Å². The van der Waals surface area contributed by atoms with Crippen molar-refractivity contribution in [2.45, 2.75) is 381 Å². The van der Waals surface area contributed by atoms with Crippen molar-refractivity contribution in [3.8, 4) is 0 Å². The van der Waals surface area contributed by atoms with E-state index in [0.717, 1.165) is 108 Å². The first kappa shape index (κ1) is 89.1. The first-order valence-electron chi connectivity index (χ1n) is 37.3. The van der Waals surface area contributed by atoms with Crippen LogP contribution in [0.25, 0.3) is 0 Å². The number of aliphatic hydroxyl groups excluding tert-OH is 1. The van der Waals surface area contributed by atoms with E-state index in [0.29, 0.717) is 31.6 Å². The van der Waals surface area contributed by atoms with Crippen LogP contribution in [0.15, 0.2) is 0 Å². The van der Waals surface area contributed by atoms with Crippen molar-refractivity contribution in [1.29, 1.82) is 0 Å². The van der Waals surface area contributed by atoms with E-state index in [-0.39, 0.29) is 25.7 Å². The molecular weight excluding hydrogens is 1200 g/mol. The summed E-state index contributed by atoms with van der Waals surface area (Å²) in [5, 5.41) is 10.6. The van der Waals surface area contributed by atoms with E-state index in [1.807, 2.05) is 0 Å². The molecule has 0 saturated heterocycles. The van der Waals surface area contributed by atoms with Crippen LogP contribution < -0.4 is 0 Å². The van der Waals surface area contributed by atoms with Crippen LogP contribution in [0.1, 0.15) is 363 Å². The Kier molecular flexibility index (Phi) is 61.5. The van der Waals surface area contributed by atoms with Crippen molar-refractivity contribution in [2.75, 3.05) is 39.6 Å². The molecule has 91 heavy (non-hydrogen) atoms. The normalized spacial score (nSPS) is 14.2. The van der Waals surface area contributed by atoms with Gasteiger partial charge in [0.05, 0.1) is 26.4 Å². The molecule has 0 amide bonds. The van der Waals surface area contributed by atoms with Crippen molar-refractivity contribution in [3.05, 3.63) is 0 Å². The zero-order chi connectivity index (χ0) is 67.3. The van der Waals surface area contributed by atoms with Gasteiger partial charge in [-0.2, -0.15) is 0 Å². The predicted molar refractivity (Wildman–Crippen MR) is 368 cm³/mol. The number of rotatable bonds is 70. The van der Waals surface area contributed by atoms with E-state index in [1.54, 1.807) is 0 Å². The molecule has 0 radical (unpaired) electrons. The molecular formula is C72H140O17P2. The molecule has 0 heterocycles. The summed E-state index contributed by atoms with van der Waals surface area (Å²) in [6, 6.07) is 0. The minimum Gasteiger partial charge on any atom is -0.462 e. The van der Waals surface area contributed by atoms with Gasteiger partial charge in [0.25, 0.3) is 0 Å². The quantitative estimate of drug-likeness (QED) is 0.0222. The van der Waals surface area contributed by atoms with Crippen molar-refractivity contribution >= 4 is 39.5 Å². The summed E-state index contributed by atoms with van der Waals surface area (Å²) in [5.74, 6) is 0.155. The Hall–Kier alpha value is -1.94. The SMILES string of the molecule is CCCCCCCCCCC(=O)OC[C@H](COP(=O)(O)OC[C@H](O)COP(=O)(O)OC[C@@H](COC(=O)CCCCCCCCCCCCCCCC(C)C)OC(=O)CCCCCCCCCCCCCCCCC(C)C)OC(=O)CCCCCCCCCC(C)C. The highest BCUT2D eigenvalue weighted by Gasteiger charge is 2.30. The van der Waals surface area contributed by atoms with Crippen LogP contribution in [-0.2, 0) is 65.4 Å². The van der Waals surface area contributed by atoms with Crippen molar-refractivity contribution in [2.24, 2.45) is 17.8 Å². The highest BCUT2D eigenvalue weighted by molar-refractivity contribution is 7.47. The summed E-state index contributed by atoms with van der Waals surface area (Å²) in [4.78, 5) is 72.5. The third-order valence-corrected chi connectivity index (χ3v) is 18.5. The van der Waals surface area contributed by atoms with Crippen LogP contribution in [0, 0.1) is 17.8 Å². The van der Waals surface area contributed by atoms with Gasteiger partial charge in [0, 0.05) is 25.7 Å². The molecule has 0 aliphatic heterocycles. The number of phosphoric ester groups is 2. The lowest BCUT2D eigenvalue weighted by Gasteiger charge is -2.21. The number of ether oxygens (including phenoxy) is 4. The van der Waals surface area contributed by atoms with E-state index >= 15 is 0 Å². The number of phosphoric acid groups is 2. The lowest BCUT2D eigenvalue weighted by Crippen LogP contribution is -2.30. The Labute approximate surface area is 556 Å². The van der Waals surface area contributed by atoms with Gasteiger partial charge >= 0.3 is 39.5 Å². The van der Waals surface area contributed by atoms with Gasteiger partial charge in [-0.1, -0.05) is 312 Å². The van der Waals surface area contributed by atoms with E-state index in [9.17, 15) is 43.2 Å². The molecule has 0 saturated carbocycles. The number of hydrogen-bond acceptors (Lipinski definition) is 15. The first-order chi connectivity index (χ1) is 43.7. The Morgan fingerprint density at radius 1 is 0.297 bits per heavy atom. The fourth-order valence-corrected chi connectivity index (χ4v) is 12.5. The predicted octanol–water partition coefficient (Wildman–Crippen LogP) is 20.6. The number of hydrogen-bond donors (Lipinski definition) is 3. The van der Waals surface area contributed by atoms with Gasteiger partial charge in [-0.25, -0.2) is 9.13 Å². The lowest BCUT2D eigenvalue weighted by molar-refractivity contribution is -0.161. The summed E-state index contributed by atoms with van der Waals surface area (Å²) in [5.41, 5.74) is 0. The van der Waals surface area contributed by atoms with Crippen LogP contribution in [0.5, 0.6) is 0 Å². The third kappa shape index (κ3) is 66.5. The molecule has 0 aromatic carbocycles. The minimum absolute atomic E-state index is 0.103. The van der Waals surface area contributed by atoms with E-state index < -0.39 is 97.5 Å². The fourth-order valence-electron chi connectivity index (χ4n) is 10.9. The molecule has 540 valence electrons. The molecule has 0 rings (SSSR count). The molecule has 0 spiro atoms. The highest BCUT2D eigenvalue weighted by Crippen LogP contribution is 2.45. The molecule has 2 unspecified atom stereocenters. The minimum atomic E-state index is -4.95.